The zero-order valence-electron chi connectivity index (χ0n) is 5.95. The van der Waals surface area contributed by atoms with Crippen molar-refractivity contribution >= 4 is 24.0 Å². The maximum Gasteiger partial charge on any atom is 0.236 e. The molecule has 0 aliphatic carbocycles. The Morgan fingerprint density at radius 1 is 1.45 bits per heavy atom. The third-order valence-electron chi connectivity index (χ3n) is 1.06. The summed E-state index contributed by atoms with van der Waals surface area (Å²) in [7, 11) is 1.54. The second-order valence-corrected chi connectivity index (χ2v) is 1.91. The quantitative estimate of drug-likeness (QED) is 0.673. The van der Waals surface area contributed by atoms with Crippen LogP contribution in [0.5, 0.6) is 5.88 Å². The van der Waals surface area contributed by atoms with Gasteiger partial charge in [0.1, 0.15) is 5.69 Å². The molecule has 0 N–H and O–H groups in total. The summed E-state index contributed by atoms with van der Waals surface area (Å²) in [5.74, 6) is 0.828. The Bertz CT molecular complexity index is 196. The predicted molar refractivity (Wildman–Crippen MR) is 45.4 cm³/mol. The van der Waals surface area contributed by atoms with Crippen molar-refractivity contribution in [1.82, 2.24) is 9.97 Å². The van der Waals surface area contributed by atoms with Crippen molar-refractivity contribution in [3.63, 3.8) is 0 Å². The van der Waals surface area contributed by atoms with Crippen molar-refractivity contribution in [3.05, 3.63) is 18.1 Å². The van der Waals surface area contributed by atoms with Crippen LogP contribution in [0.2, 0.25) is 0 Å². The van der Waals surface area contributed by atoms with Gasteiger partial charge in [-0.05, 0) is 0 Å². The fourth-order valence-corrected chi connectivity index (χ4v) is 0.800. The Morgan fingerprint density at radius 3 is 2.55 bits per heavy atom. The standard InChI is InChI=1S/C6H7ClN2O.ClH/c1-10-6-5(4-7)8-2-3-9-6;/h2-3H,4H2,1H3;1H. The van der Waals surface area contributed by atoms with Gasteiger partial charge in [-0.2, -0.15) is 0 Å². The monoisotopic (exact) mass is 194 g/mol. The summed E-state index contributed by atoms with van der Waals surface area (Å²) >= 11 is 5.53. The highest BCUT2D eigenvalue weighted by atomic mass is 35.5. The molecule has 3 nitrogen and oxygen atoms in total. The van der Waals surface area contributed by atoms with Crippen LogP contribution >= 0.6 is 24.0 Å². The molecule has 0 aliphatic rings. The summed E-state index contributed by atoms with van der Waals surface area (Å²) in [5, 5.41) is 0. The van der Waals surface area contributed by atoms with E-state index >= 15 is 0 Å². The van der Waals surface area contributed by atoms with Crippen LogP contribution in [0, 0.1) is 0 Å². The fourth-order valence-electron chi connectivity index (χ4n) is 0.616. The number of halogens is 2. The van der Waals surface area contributed by atoms with Gasteiger partial charge in [0, 0.05) is 12.4 Å². The second-order valence-electron chi connectivity index (χ2n) is 1.65. The largest absolute Gasteiger partial charge is 0.480 e. The van der Waals surface area contributed by atoms with Crippen LogP contribution in [0.1, 0.15) is 5.69 Å². The zero-order chi connectivity index (χ0) is 7.40. The van der Waals surface area contributed by atoms with Crippen LogP contribution in [0.15, 0.2) is 12.4 Å². The van der Waals surface area contributed by atoms with Crippen molar-refractivity contribution in [2.45, 2.75) is 5.88 Å². The van der Waals surface area contributed by atoms with Gasteiger partial charge in [-0.1, -0.05) is 0 Å². The first-order chi connectivity index (χ1) is 4.88. The summed E-state index contributed by atoms with van der Waals surface area (Å²) in [6, 6.07) is 0. The molecule has 1 heterocycles. The lowest BCUT2D eigenvalue weighted by Crippen LogP contribution is -1.94. The number of rotatable bonds is 2. The van der Waals surface area contributed by atoms with Gasteiger partial charge < -0.3 is 4.74 Å². The summed E-state index contributed by atoms with van der Waals surface area (Å²) in [5.41, 5.74) is 0.673. The van der Waals surface area contributed by atoms with Crippen molar-refractivity contribution in [2.75, 3.05) is 7.11 Å². The smallest absolute Gasteiger partial charge is 0.236 e. The van der Waals surface area contributed by atoms with Gasteiger partial charge in [0.05, 0.1) is 13.0 Å². The molecule has 5 heteroatoms. The summed E-state index contributed by atoms with van der Waals surface area (Å²) in [4.78, 5) is 7.85. The average Bonchev–Trinajstić information content (AvgIpc) is 2.04. The number of ether oxygens (including phenoxy) is 1. The molecule has 0 unspecified atom stereocenters. The first-order valence-corrected chi connectivity index (χ1v) is 3.31. The van der Waals surface area contributed by atoms with Gasteiger partial charge >= 0.3 is 0 Å². The van der Waals surface area contributed by atoms with Crippen molar-refractivity contribution in [2.24, 2.45) is 0 Å². The van der Waals surface area contributed by atoms with Crippen molar-refractivity contribution in [3.8, 4) is 5.88 Å². The lowest BCUT2D eigenvalue weighted by molar-refractivity contribution is 0.391. The number of nitrogens with zero attached hydrogens (tertiary/aromatic N) is 2. The van der Waals surface area contributed by atoms with E-state index < -0.39 is 0 Å². The van der Waals surface area contributed by atoms with Crippen molar-refractivity contribution < 1.29 is 4.74 Å². The summed E-state index contributed by atoms with van der Waals surface area (Å²) < 4.78 is 4.88. The van der Waals surface area contributed by atoms with Crippen LogP contribution in [-0.4, -0.2) is 17.1 Å². The Kier molecular flexibility index (Phi) is 4.90. The highest BCUT2D eigenvalue weighted by Crippen LogP contribution is 2.11. The molecule has 0 radical (unpaired) electrons. The van der Waals surface area contributed by atoms with Crippen LogP contribution in [-0.2, 0) is 5.88 Å². The molecular weight excluding hydrogens is 187 g/mol. The van der Waals surface area contributed by atoms with Gasteiger partial charge in [-0.15, -0.1) is 24.0 Å². The first-order valence-electron chi connectivity index (χ1n) is 2.78. The second kappa shape index (κ2) is 5.16. The van der Waals surface area contributed by atoms with E-state index in [2.05, 4.69) is 9.97 Å². The molecule has 1 rings (SSSR count). The summed E-state index contributed by atoms with van der Waals surface area (Å²) in [6.07, 6.45) is 3.15. The number of alkyl halides is 1. The molecule has 0 spiro atoms. The minimum Gasteiger partial charge on any atom is -0.480 e. The maximum absolute atomic E-state index is 5.53. The van der Waals surface area contributed by atoms with Gasteiger partial charge in [0.2, 0.25) is 5.88 Å². The Labute approximate surface area is 76.2 Å². The number of hydrogen-bond acceptors (Lipinski definition) is 3. The van der Waals surface area contributed by atoms with E-state index in [0.717, 1.165) is 0 Å². The van der Waals surface area contributed by atoms with Crippen LogP contribution in [0.25, 0.3) is 0 Å². The molecule has 0 aliphatic heterocycles. The number of aromatic nitrogens is 2. The van der Waals surface area contributed by atoms with Crippen LogP contribution in [0.4, 0.5) is 0 Å². The van der Waals surface area contributed by atoms with E-state index in [0.29, 0.717) is 17.5 Å². The number of hydrogen-bond donors (Lipinski definition) is 0. The van der Waals surface area contributed by atoms with E-state index in [1.54, 1.807) is 19.5 Å². The van der Waals surface area contributed by atoms with E-state index in [4.69, 9.17) is 16.3 Å². The maximum atomic E-state index is 5.53. The van der Waals surface area contributed by atoms with E-state index in [-0.39, 0.29) is 12.4 Å². The Hall–Kier alpha value is -0.540. The lowest BCUT2D eigenvalue weighted by Gasteiger charge is -2.00. The van der Waals surface area contributed by atoms with E-state index in [9.17, 15) is 0 Å². The summed E-state index contributed by atoms with van der Waals surface area (Å²) in [6.45, 7) is 0. The van der Waals surface area contributed by atoms with Gasteiger partial charge in [0.15, 0.2) is 0 Å². The van der Waals surface area contributed by atoms with Crippen LogP contribution in [0.3, 0.4) is 0 Å². The van der Waals surface area contributed by atoms with Crippen molar-refractivity contribution in [1.29, 1.82) is 0 Å². The lowest BCUT2D eigenvalue weighted by atomic mass is 10.5. The average molecular weight is 195 g/mol. The highest BCUT2D eigenvalue weighted by Gasteiger charge is 2.00. The zero-order valence-corrected chi connectivity index (χ0v) is 7.52. The highest BCUT2D eigenvalue weighted by molar-refractivity contribution is 6.17. The third kappa shape index (κ3) is 2.52. The first kappa shape index (κ1) is 10.5. The number of methoxy groups -OCH3 is 1. The molecule has 1 aromatic heterocycles. The Morgan fingerprint density at radius 2 is 2.09 bits per heavy atom. The molecule has 62 valence electrons. The molecular formula is C6H8Cl2N2O. The molecule has 0 atom stereocenters. The predicted octanol–water partition coefficient (Wildman–Crippen LogP) is 1.65. The Balaban J connectivity index is 0.000001000. The van der Waals surface area contributed by atoms with E-state index in [1.165, 1.54) is 0 Å². The normalized spacial score (nSPS) is 8.55. The van der Waals surface area contributed by atoms with Gasteiger partial charge in [-0.3, -0.25) is 4.98 Å². The topological polar surface area (TPSA) is 35.0 Å². The molecule has 0 aromatic carbocycles. The molecule has 1 aromatic rings. The SMILES string of the molecule is COc1nccnc1CCl.Cl. The van der Waals surface area contributed by atoms with Crippen LogP contribution < -0.4 is 4.74 Å². The molecule has 0 fully saturated rings. The third-order valence-corrected chi connectivity index (χ3v) is 1.31. The minimum absolute atomic E-state index is 0. The van der Waals surface area contributed by atoms with Gasteiger partial charge in [-0.25, -0.2) is 4.98 Å². The molecule has 0 amide bonds. The molecule has 0 bridgehead atoms. The van der Waals surface area contributed by atoms with E-state index in [1.807, 2.05) is 0 Å². The molecule has 0 saturated carbocycles. The fraction of sp³-hybridized carbons (Fsp3) is 0.333. The van der Waals surface area contributed by atoms with Gasteiger partial charge in [0.25, 0.3) is 0 Å². The minimum atomic E-state index is 0. The molecule has 11 heavy (non-hydrogen) atoms. The molecule has 0 saturated heterocycles.